The molecule has 0 saturated carbocycles. The van der Waals surface area contributed by atoms with E-state index in [1.54, 1.807) is 20.8 Å². The number of rotatable bonds is 3. The van der Waals surface area contributed by atoms with Gasteiger partial charge in [-0.2, -0.15) is 13.2 Å². The Morgan fingerprint density at radius 2 is 1.70 bits per heavy atom. The Labute approximate surface area is 137 Å². The topological polar surface area (TPSA) is 46.2 Å². The fourth-order valence-corrected chi connectivity index (χ4v) is 4.64. The van der Waals surface area contributed by atoms with Gasteiger partial charge in [0, 0.05) is 10.4 Å². The van der Waals surface area contributed by atoms with Crippen LogP contribution in [0.25, 0.3) is 10.4 Å². The van der Waals surface area contributed by atoms with E-state index < -0.39 is 27.3 Å². The Hall–Kier alpha value is -1.38. The van der Waals surface area contributed by atoms with E-state index in [4.69, 9.17) is 0 Å². The number of thiophene rings is 1. The minimum atomic E-state index is -4.43. The Morgan fingerprint density at radius 3 is 2.26 bits per heavy atom. The van der Waals surface area contributed by atoms with Crippen LogP contribution in [0.4, 0.5) is 13.2 Å². The molecule has 23 heavy (non-hydrogen) atoms. The second kappa shape index (κ2) is 5.92. The smallest absolute Gasteiger partial charge is 0.206 e. The predicted octanol–water partition coefficient (Wildman–Crippen LogP) is 4.51. The van der Waals surface area contributed by atoms with Gasteiger partial charge >= 0.3 is 6.18 Å². The van der Waals surface area contributed by atoms with E-state index in [1.807, 2.05) is 0 Å². The molecule has 0 aliphatic carbocycles. The average molecular weight is 363 g/mol. The van der Waals surface area contributed by atoms with Gasteiger partial charge in [-0.25, -0.2) is 13.1 Å². The molecule has 3 nitrogen and oxygen atoms in total. The van der Waals surface area contributed by atoms with Crippen LogP contribution in [0.2, 0.25) is 0 Å². The standard InChI is InChI=1S/C15H16F3NO2S2/c1-14(2,3)19-23(20,21)13-8-7-12(22-13)10-5-4-6-11(9-10)15(16,17)18/h4-9,19H,1-3H3. The van der Waals surface area contributed by atoms with Gasteiger partial charge in [0.15, 0.2) is 0 Å². The van der Waals surface area contributed by atoms with Gasteiger partial charge in [-0.1, -0.05) is 12.1 Å². The Kier molecular flexibility index (Phi) is 4.62. The third kappa shape index (κ3) is 4.55. The monoisotopic (exact) mass is 363 g/mol. The first-order valence-electron chi connectivity index (χ1n) is 6.70. The fourth-order valence-electron chi connectivity index (χ4n) is 1.92. The first-order chi connectivity index (χ1) is 10.4. The lowest BCUT2D eigenvalue weighted by Crippen LogP contribution is -2.40. The number of benzene rings is 1. The summed E-state index contributed by atoms with van der Waals surface area (Å²) in [4.78, 5) is 0.463. The van der Waals surface area contributed by atoms with Crippen LogP contribution < -0.4 is 4.72 Å². The Bertz CT molecular complexity index is 803. The summed E-state index contributed by atoms with van der Waals surface area (Å²) in [6.07, 6.45) is -4.43. The van der Waals surface area contributed by atoms with Crippen LogP contribution in [-0.4, -0.2) is 14.0 Å². The minimum absolute atomic E-state index is 0.0693. The molecule has 0 radical (unpaired) electrons. The Morgan fingerprint density at radius 1 is 1.04 bits per heavy atom. The van der Waals surface area contributed by atoms with Crippen molar-refractivity contribution in [2.45, 2.75) is 36.7 Å². The summed E-state index contributed by atoms with van der Waals surface area (Å²) in [6.45, 7) is 5.14. The van der Waals surface area contributed by atoms with E-state index in [0.29, 0.717) is 10.4 Å². The van der Waals surface area contributed by atoms with Crippen molar-refractivity contribution in [3.8, 4) is 10.4 Å². The van der Waals surface area contributed by atoms with Gasteiger partial charge in [-0.05, 0) is 50.6 Å². The molecule has 1 aromatic heterocycles. The van der Waals surface area contributed by atoms with Gasteiger partial charge in [-0.3, -0.25) is 0 Å². The van der Waals surface area contributed by atoms with Crippen LogP contribution in [0, 0.1) is 0 Å². The minimum Gasteiger partial charge on any atom is -0.206 e. The van der Waals surface area contributed by atoms with E-state index in [0.717, 1.165) is 23.5 Å². The maximum Gasteiger partial charge on any atom is 0.416 e. The van der Waals surface area contributed by atoms with Crippen molar-refractivity contribution in [1.82, 2.24) is 4.72 Å². The molecular weight excluding hydrogens is 347 g/mol. The Balaban J connectivity index is 2.37. The highest BCUT2D eigenvalue weighted by Crippen LogP contribution is 2.35. The molecule has 0 saturated heterocycles. The number of hydrogen-bond acceptors (Lipinski definition) is 3. The summed E-state index contributed by atoms with van der Waals surface area (Å²) < 4.78 is 65.3. The summed E-state index contributed by atoms with van der Waals surface area (Å²) in [5.74, 6) is 0. The van der Waals surface area contributed by atoms with Gasteiger partial charge in [0.05, 0.1) is 5.56 Å². The van der Waals surface area contributed by atoms with Gasteiger partial charge < -0.3 is 0 Å². The third-order valence-electron chi connectivity index (χ3n) is 2.76. The molecule has 0 spiro atoms. The lowest BCUT2D eigenvalue weighted by molar-refractivity contribution is -0.137. The fraction of sp³-hybridized carbons (Fsp3) is 0.333. The predicted molar refractivity (Wildman–Crippen MR) is 84.8 cm³/mol. The van der Waals surface area contributed by atoms with E-state index >= 15 is 0 Å². The summed E-state index contributed by atoms with van der Waals surface area (Å²) in [5.41, 5.74) is -1.07. The molecule has 2 rings (SSSR count). The first-order valence-corrected chi connectivity index (χ1v) is 9.00. The molecule has 0 aliphatic rings. The highest BCUT2D eigenvalue weighted by atomic mass is 32.2. The van der Waals surface area contributed by atoms with E-state index in [2.05, 4.69) is 4.72 Å². The largest absolute Gasteiger partial charge is 0.416 e. The molecule has 2 aromatic rings. The number of halogens is 3. The lowest BCUT2D eigenvalue weighted by atomic mass is 10.1. The van der Waals surface area contributed by atoms with Gasteiger partial charge in [0.2, 0.25) is 0 Å². The van der Waals surface area contributed by atoms with E-state index in [-0.39, 0.29) is 4.21 Å². The molecule has 0 amide bonds. The first kappa shape index (κ1) is 18.0. The molecule has 0 fully saturated rings. The molecule has 1 aromatic carbocycles. The molecule has 1 N–H and O–H groups in total. The van der Waals surface area contributed by atoms with Crippen molar-refractivity contribution in [3.05, 3.63) is 42.0 Å². The zero-order valence-electron chi connectivity index (χ0n) is 12.7. The highest BCUT2D eigenvalue weighted by Gasteiger charge is 2.30. The summed E-state index contributed by atoms with van der Waals surface area (Å²) >= 11 is 0.935. The highest BCUT2D eigenvalue weighted by molar-refractivity contribution is 7.91. The SMILES string of the molecule is CC(C)(C)NS(=O)(=O)c1ccc(-c2cccc(C(F)(F)F)c2)s1. The molecule has 126 valence electrons. The molecule has 0 unspecified atom stereocenters. The number of hydrogen-bond donors (Lipinski definition) is 1. The molecule has 8 heteroatoms. The molecule has 0 bridgehead atoms. The van der Waals surface area contributed by atoms with Crippen LogP contribution in [0.5, 0.6) is 0 Å². The van der Waals surface area contributed by atoms with Crippen LogP contribution >= 0.6 is 11.3 Å². The van der Waals surface area contributed by atoms with Gasteiger partial charge in [-0.15, -0.1) is 11.3 Å². The quantitative estimate of drug-likeness (QED) is 0.872. The van der Waals surface area contributed by atoms with Gasteiger partial charge in [0.25, 0.3) is 10.0 Å². The molecule has 0 aliphatic heterocycles. The molecule has 1 heterocycles. The summed E-state index contributed by atoms with van der Waals surface area (Å²) in [6, 6.07) is 7.73. The van der Waals surface area contributed by atoms with Crippen LogP contribution in [0.1, 0.15) is 26.3 Å². The lowest BCUT2D eigenvalue weighted by Gasteiger charge is -2.19. The van der Waals surface area contributed by atoms with Crippen molar-refractivity contribution in [2.24, 2.45) is 0 Å². The van der Waals surface area contributed by atoms with Crippen molar-refractivity contribution in [3.63, 3.8) is 0 Å². The van der Waals surface area contributed by atoms with Crippen LogP contribution in [0.3, 0.4) is 0 Å². The van der Waals surface area contributed by atoms with Crippen LogP contribution in [0.15, 0.2) is 40.6 Å². The molecule has 0 atom stereocenters. The molecular formula is C15H16F3NO2S2. The second-order valence-electron chi connectivity index (χ2n) is 6.05. The van der Waals surface area contributed by atoms with Crippen molar-refractivity contribution in [2.75, 3.05) is 0 Å². The summed E-state index contributed by atoms with van der Waals surface area (Å²) in [5, 5.41) is 0. The van der Waals surface area contributed by atoms with Gasteiger partial charge in [0.1, 0.15) is 4.21 Å². The van der Waals surface area contributed by atoms with Crippen molar-refractivity contribution in [1.29, 1.82) is 0 Å². The normalized spacial score (nSPS) is 13.3. The van der Waals surface area contributed by atoms with Crippen molar-refractivity contribution < 1.29 is 21.6 Å². The van der Waals surface area contributed by atoms with E-state index in [1.165, 1.54) is 24.3 Å². The number of sulfonamides is 1. The number of alkyl halides is 3. The maximum atomic E-state index is 12.8. The second-order valence-corrected chi connectivity index (χ2v) is 9.05. The average Bonchev–Trinajstić information content (AvgIpc) is 2.85. The van der Waals surface area contributed by atoms with Crippen molar-refractivity contribution >= 4 is 21.4 Å². The van der Waals surface area contributed by atoms with E-state index in [9.17, 15) is 21.6 Å². The third-order valence-corrected chi connectivity index (χ3v) is 6.15. The maximum absolute atomic E-state index is 12.8. The van der Waals surface area contributed by atoms with Crippen LogP contribution in [-0.2, 0) is 16.2 Å². The zero-order valence-corrected chi connectivity index (χ0v) is 14.4. The zero-order chi connectivity index (χ0) is 17.5. The number of nitrogens with one attached hydrogen (secondary N) is 1. The summed E-state index contributed by atoms with van der Waals surface area (Å²) in [7, 11) is -3.70.